The van der Waals surface area contributed by atoms with E-state index < -0.39 is 0 Å². The number of hydrogen-bond acceptors (Lipinski definition) is 6. The van der Waals surface area contributed by atoms with Crippen molar-refractivity contribution in [1.82, 2.24) is 9.55 Å². The molecule has 0 unspecified atom stereocenters. The Labute approximate surface area is 183 Å². The molecular weight excluding hydrogens is 414 g/mol. The second kappa shape index (κ2) is 7.92. The fourth-order valence-corrected chi connectivity index (χ4v) is 5.82. The number of fused-ring (bicyclic) bond motifs is 4. The lowest BCUT2D eigenvalue weighted by Gasteiger charge is -2.18. The van der Waals surface area contributed by atoms with Gasteiger partial charge in [0, 0.05) is 30.1 Å². The number of benzene rings is 1. The molecule has 8 heteroatoms. The second-order valence-corrected chi connectivity index (χ2v) is 9.10. The summed E-state index contributed by atoms with van der Waals surface area (Å²) in [6.07, 6.45) is 6.73. The molecule has 1 amide bonds. The predicted molar refractivity (Wildman–Crippen MR) is 119 cm³/mol. The fourth-order valence-electron chi connectivity index (χ4n) is 4.60. The van der Waals surface area contributed by atoms with E-state index in [9.17, 15) is 14.4 Å². The third-order valence-corrected chi connectivity index (χ3v) is 7.41. The molecular formula is C23H23N3O4S. The zero-order valence-corrected chi connectivity index (χ0v) is 18.2. The fraction of sp³-hybridized carbons (Fsp3) is 0.391. The maximum Gasteiger partial charge on any atom is 0.337 e. The van der Waals surface area contributed by atoms with Gasteiger partial charge in [-0.1, -0.05) is 0 Å². The first kappa shape index (κ1) is 19.9. The van der Waals surface area contributed by atoms with Crippen molar-refractivity contribution in [2.45, 2.75) is 45.1 Å². The minimum atomic E-state index is -0.384. The number of methoxy groups -OCH3 is 1. The molecule has 2 aromatic heterocycles. The molecule has 1 aromatic carbocycles. The quantitative estimate of drug-likeness (QED) is 0.586. The van der Waals surface area contributed by atoms with Crippen LogP contribution in [0.4, 0.5) is 5.69 Å². The Morgan fingerprint density at radius 1 is 1.19 bits per heavy atom. The molecule has 31 heavy (non-hydrogen) atoms. The van der Waals surface area contributed by atoms with Gasteiger partial charge in [-0.15, -0.1) is 11.3 Å². The Kier molecular flexibility index (Phi) is 5.09. The van der Waals surface area contributed by atoms with Gasteiger partial charge < -0.3 is 9.64 Å². The largest absolute Gasteiger partial charge is 0.465 e. The standard InChI is InChI=1S/C23H23N3O4S/c1-30-23(29)15-6-7-17-14(12-15)8-11-26(17)19(27)9-10-25-13-24-21-20(22(25)28)16-4-2-3-5-18(16)31-21/h6-7,12-13H,2-5,8-11H2,1H3. The van der Waals surface area contributed by atoms with Crippen molar-refractivity contribution >= 4 is 39.1 Å². The molecule has 7 nitrogen and oxygen atoms in total. The van der Waals surface area contributed by atoms with Gasteiger partial charge in [0.25, 0.3) is 5.56 Å². The second-order valence-electron chi connectivity index (χ2n) is 8.01. The summed E-state index contributed by atoms with van der Waals surface area (Å²) in [5, 5.41) is 0.747. The number of anilines is 1. The molecule has 0 saturated heterocycles. The molecule has 2 aliphatic rings. The van der Waals surface area contributed by atoms with E-state index in [4.69, 9.17) is 4.74 Å². The zero-order valence-electron chi connectivity index (χ0n) is 17.3. The highest BCUT2D eigenvalue weighted by Gasteiger charge is 2.26. The number of aryl methyl sites for hydroxylation is 3. The topological polar surface area (TPSA) is 81.5 Å². The first-order valence-corrected chi connectivity index (χ1v) is 11.4. The number of amides is 1. The summed E-state index contributed by atoms with van der Waals surface area (Å²) in [6, 6.07) is 5.26. The van der Waals surface area contributed by atoms with Gasteiger partial charge in [-0.05, 0) is 61.4 Å². The molecule has 0 spiro atoms. The van der Waals surface area contributed by atoms with Gasteiger partial charge in [-0.25, -0.2) is 9.78 Å². The van der Waals surface area contributed by atoms with Crippen LogP contribution in [0, 0.1) is 0 Å². The molecule has 3 heterocycles. The van der Waals surface area contributed by atoms with E-state index in [2.05, 4.69) is 4.98 Å². The summed E-state index contributed by atoms with van der Waals surface area (Å²) in [5.74, 6) is -0.422. The Morgan fingerprint density at radius 3 is 2.87 bits per heavy atom. The van der Waals surface area contributed by atoms with E-state index in [0.717, 1.165) is 40.7 Å². The summed E-state index contributed by atoms with van der Waals surface area (Å²) in [5.41, 5.74) is 3.40. The van der Waals surface area contributed by atoms with E-state index in [1.54, 1.807) is 45.3 Å². The third kappa shape index (κ3) is 3.44. The number of hydrogen-bond donors (Lipinski definition) is 0. The smallest absolute Gasteiger partial charge is 0.337 e. The third-order valence-electron chi connectivity index (χ3n) is 6.21. The maximum atomic E-state index is 13.1. The highest BCUT2D eigenvalue weighted by Crippen LogP contribution is 2.33. The number of carbonyl (C=O) groups is 2. The summed E-state index contributed by atoms with van der Waals surface area (Å²) in [6.45, 7) is 0.875. The summed E-state index contributed by atoms with van der Waals surface area (Å²) < 4.78 is 6.34. The molecule has 5 rings (SSSR count). The van der Waals surface area contributed by atoms with Gasteiger partial charge in [0.15, 0.2) is 0 Å². The normalized spacial score (nSPS) is 15.1. The average molecular weight is 438 g/mol. The van der Waals surface area contributed by atoms with Crippen LogP contribution < -0.4 is 10.5 Å². The number of nitrogens with zero attached hydrogens (tertiary/aromatic N) is 3. The molecule has 1 aliphatic carbocycles. The molecule has 0 fully saturated rings. The molecule has 0 atom stereocenters. The Bertz CT molecular complexity index is 1260. The van der Waals surface area contributed by atoms with E-state index in [1.165, 1.54) is 24.0 Å². The molecule has 0 radical (unpaired) electrons. The van der Waals surface area contributed by atoms with Gasteiger partial charge in [0.1, 0.15) is 4.83 Å². The Morgan fingerprint density at radius 2 is 2.03 bits per heavy atom. The van der Waals surface area contributed by atoms with Gasteiger partial charge >= 0.3 is 5.97 Å². The lowest BCUT2D eigenvalue weighted by molar-refractivity contribution is -0.118. The molecule has 3 aromatic rings. The highest BCUT2D eigenvalue weighted by molar-refractivity contribution is 7.18. The number of ether oxygens (including phenoxy) is 1. The first-order valence-electron chi connectivity index (χ1n) is 10.6. The van der Waals surface area contributed by atoms with Crippen molar-refractivity contribution in [3.8, 4) is 0 Å². The van der Waals surface area contributed by atoms with Crippen molar-refractivity contribution in [1.29, 1.82) is 0 Å². The van der Waals surface area contributed by atoms with Crippen LogP contribution in [-0.2, 0) is 35.3 Å². The Hall–Kier alpha value is -3.00. The lowest BCUT2D eigenvalue weighted by atomic mass is 9.97. The average Bonchev–Trinajstić information content (AvgIpc) is 3.39. The van der Waals surface area contributed by atoms with Crippen molar-refractivity contribution in [2.24, 2.45) is 0 Å². The van der Waals surface area contributed by atoms with Crippen LogP contribution in [0.1, 0.15) is 45.6 Å². The molecule has 0 N–H and O–H groups in total. The molecule has 160 valence electrons. The van der Waals surface area contributed by atoms with Crippen LogP contribution in [0.2, 0.25) is 0 Å². The van der Waals surface area contributed by atoms with Gasteiger partial charge in [0.2, 0.25) is 5.91 Å². The monoisotopic (exact) mass is 437 g/mol. The van der Waals surface area contributed by atoms with E-state index in [-0.39, 0.29) is 23.9 Å². The van der Waals surface area contributed by atoms with Crippen LogP contribution in [0.3, 0.4) is 0 Å². The van der Waals surface area contributed by atoms with Crippen LogP contribution in [0.5, 0.6) is 0 Å². The van der Waals surface area contributed by atoms with Gasteiger partial charge in [-0.2, -0.15) is 0 Å². The highest BCUT2D eigenvalue weighted by atomic mass is 32.1. The summed E-state index contributed by atoms with van der Waals surface area (Å²) in [7, 11) is 1.35. The van der Waals surface area contributed by atoms with Crippen molar-refractivity contribution < 1.29 is 14.3 Å². The maximum absolute atomic E-state index is 13.1. The summed E-state index contributed by atoms with van der Waals surface area (Å²) >= 11 is 1.63. The van der Waals surface area contributed by atoms with Gasteiger partial charge in [-0.3, -0.25) is 14.2 Å². The van der Waals surface area contributed by atoms with E-state index in [1.807, 2.05) is 0 Å². The van der Waals surface area contributed by atoms with Crippen molar-refractivity contribution in [2.75, 3.05) is 18.6 Å². The first-order chi connectivity index (χ1) is 15.1. The van der Waals surface area contributed by atoms with E-state index in [0.29, 0.717) is 25.1 Å². The molecule has 0 bridgehead atoms. The number of carbonyl (C=O) groups excluding carboxylic acids is 2. The lowest BCUT2D eigenvalue weighted by Crippen LogP contribution is -2.31. The van der Waals surface area contributed by atoms with E-state index >= 15 is 0 Å². The minimum Gasteiger partial charge on any atom is -0.465 e. The summed E-state index contributed by atoms with van der Waals surface area (Å²) in [4.78, 5) is 46.1. The molecule has 0 saturated carbocycles. The number of thiophene rings is 1. The van der Waals surface area contributed by atoms with Gasteiger partial charge in [0.05, 0.1) is 24.4 Å². The van der Waals surface area contributed by atoms with Crippen LogP contribution >= 0.6 is 11.3 Å². The SMILES string of the molecule is COC(=O)c1ccc2c(c1)CCN2C(=O)CCn1cnc2sc3c(c2c1=O)CCCC3. The molecule has 1 aliphatic heterocycles. The number of rotatable bonds is 4. The van der Waals surface area contributed by atoms with Crippen molar-refractivity contribution in [3.63, 3.8) is 0 Å². The Balaban J connectivity index is 1.34. The predicted octanol–water partition coefficient (Wildman–Crippen LogP) is 3.10. The number of esters is 1. The minimum absolute atomic E-state index is 0.0380. The van der Waals surface area contributed by atoms with Crippen LogP contribution in [0.25, 0.3) is 10.2 Å². The zero-order chi connectivity index (χ0) is 21.5. The van der Waals surface area contributed by atoms with Crippen LogP contribution in [-0.4, -0.2) is 35.1 Å². The van der Waals surface area contributed by atoms with Crippen LogP contribution in [0.15, 0.2) is 29.3 Å². The number of aromatic nitrogens is 2. The van der Waals surface area contributed by atoms with Crippen molar-refractivity contribution in [3.05, 3.63) is 56.4 Å².